The molecule has 0 saturated heterocycles. The van der Waals surface area contributed by atoms with Gasteiger partial charge in [0.1, 0.15) is 0 Å². The van der Waals surface area contributed by atoms with Gasteiger partial charge >= 0.3 is 7.60 Å². The summed E-state index contributed by atoms with van der Waals surface area (Å²) in [5, 5.41) is 0. The Morgan fingerprint density at radius 3 is 2.50 bits per heavy atom. The molecule has 0 aromatic carbocycles. The third kappa shape index (κ3) is 5.04. The average Bonchev–Trinajstić information content (AvgIpc) is 2.02. The maximum atomic E-state index is 11.5. The molecular weight excluding hydrogens is 222 g/mol. The van der Waals surface area contributed by atoms with Crippen molar-refractivity contribution in [3.63, 3.8) is 0 Å². The van der Waals surface area contributed by atoms with Crippen molar-refractivity contribution in [2.75, 3.05) is 24.5 Å². The SMILES string of the molecule is C=CO[P@](=O)(CCCl)OCCCl. The van der Waals surface area contributed by atoms with Crippen molar-refractivity contribution in [3.8, 4) is 0 Å². The van der Waals surface area contributed by atoms with Crippen LogP contribution in [0.15, 0.2) is 12.8 Å². The fourth-order valence-corrected chi connectivity index (χ4v) is 2.44. The molecule has 0 N–H and O–H groups in total. The zero-order valence-electron chi connectivity index (χ0n) is 6.54. The molecule has 1 atom stereocenters. The van der Waals surface area contributed by atoms with Crippen LogP contribution in [0.1, 0.15) is 0 Å². The van der Waals surface area contributed by atoms with Crippen molar-refractivity contribution < 1.29 is 13.6 Å². The van der Waals surface area contributed by atoms with Crippen LogP contribution in [0.5, 0.6) is 0 Å². The van der Waals surface area contributed by atoms with Gasteiger partial charge in [-0.15, -0.1) is 23.2 Å². The number of alkyl halides is 2. The van der Waals surface area contributed by atoms with Gasteiger partial charge in [0, 0.05) is 11.8 Å². The van der Waals surface area contributed by atoms with Gasteiger partial charge in [-0.05, 0) is 0 Å². The molecule has 6 heteroatoms. The molecule has 0 spiro atoms. The van der Waals surface area contributed by atoms with E-state index in [4.69, 9.17) is 32.2 Å². The third-order valence-electron chi connectivity index (χ3n) is 0.959. The number of halogens is 2. The van der Waals surface area contributed by atoms with Crippen LogP contribution >= 0.6 is 30.8 Å². The Bertz CT molecular complexity index is 174. The van der Waals surface area contributed by atoms with Gasteiger partial charge in [-0.25, -0.2) is 4.57 Å². The minimum absolute atomic E-state index is 0.164. The summed E-state index contributed by atoms with van der Waals surface area (Å²) in [7, 11) is -3.07. The van der Waals surface area contributed by atoms with Gasteiger partial charge in [0.15, 0.2) is 0 Å². The lowest BCUT2D eigenvalue weighted by Gasteiger charge is -2.14. The highest BCUT2D eigenvalue weighted by Crippen LogP contribution is 2.48. The minimum atomic E-state index is -3.07. The van der Waals surface area contributed by atoms with E-state index in [1.165, 1.54) is 0 Å². The second kappa shape index (κ2) is 6.79. The third-order valence-corrected chi connectivity index (χ3v) is 3.38. The molecule has 0 fully saturated rings. The van der Waals surface area contributed by atoms with Crippen LogP contribution in [-0.4, -0.2) is 24.5 Å². The highest BCUT2D eigenvalue weighted by atomic mass is 35.5. The summed E-state index contributed by atoms with van der Waals surface area (Å²) >= 11 is 10.7. The first kappa shape index (κ1) is 12.3. The molecule has 3 nitrogen and oxygen atoms in total. The van der Waals surface area contributed by atoms with Gasteiger partial charge in [0.2, 0.25) is 0 Å². The molecule has 0 bridgehead atoms. The van der Waals surface area contributed by atoms with E-state index in [1.54, 1.807) is 0 Å². The summed E-state index contributed by atoms with van der Waals surface area (Å²) in [6.07, 6.45) is 1.25. The molecule has 0 aliphatic carbocycles. The number of hydrogen-bond donors (Lipinski definition) is 0. The quantitative estimate of drug-likeness (QED) is 0.385. The lowest BCUT2D eigenvalue weighted by atomic mass is 10.9. The monoisotopic (exact) mass is 232 g/mol. The number of rotatable bonds is 7. The first-order chi connectivity index (χ1) is 5.68. The van der Waals surface area contributed by atoms with Crippen LogP contribution in [0.2, 0.25) is 0 Å². The normalized spacial score (nSPS) is 15.2. The van der Waals surface area contributed by atoms with Gasteiger partial charge < -0.3 is 4.52 Å². The fourth-order valence-electron chi connectivity index (χ4n) is 0.538. The van der Waals surface area contributed by atoms with E-state index in [1.807, 2.05) is 0 Å². The number of hydrogen-bond acceptors (Lipinski definition) is 3. The summed E-state index contributed by atoms with van der Waals surface area (Å²) < 4.78 is 21.1. The summed E-state index contributed by atoms with van der Waals surface area (Å²) in [5.74, 6) is 0.486. The molecule has 12 heavy (non-hydrogen) atoms. The summed E-state index contributed by atoms with van der Waals surface area (Å²) in [5.41, 5.74) is 0. The molecule has 0 aliphatic heterocycles. The summed E-state index contributed by atoms with van der Waals surface area (Å²) in [6.45, 7) is 3.47. The van der Waals surface area contributed by atoms with E-state index in [9.17, 15) is 4.57 Å². The van der Waals surface area contributed by atoms with Crippen molar-refractivity contribution in [3.05, 3.63) is 12.8 Å². The highest BCUT2D eigenvalue weighted by molar-refractivity contribution is 7.54. The molecule has 0 rings (SSSR count). The lowest BCUT2D eigenvalue weighted by molar-refractivity contribution is 0.265. The molecule has 0 aromatic heterocycles. The predicted molar refractivity (Wildman–Crippen MR) is 51.1 cm³/mol. The van der Waals surface area contributed by atoms with Gasteiger partial charge in [0.05, 0.1) is 19.0 Å². The minimum Gasteiger partial charge on any atom is -0.433 e. The predicted octanol–water partition coefficient (Wildman–Crippen LogP) is 2.83. The molecular formula is C6H11Cl2O3P. The van der Waals surface area contributed by atoms with Gasteiger partial charge in [-0.3, -0.25) is 4.52 Å². The topological polar surface area (TPSA) is 35.5 Å². The van der Waals surface area contributed by atoms with Crippen LogP contribution in [0.25, 0.3) is 0 Å². The van der Waals surface area contributed by atoms with Crippen molar-refractivity contribution >= 4 is 30.8 Å². The van der Waals surface area contributed by atoms with E-state index >= 15 is 0 Å². The van der Waals surface area contributed by atoms with E-state index in [-0.39, 0.29) is 24.5 Å². The van der Waals surface area contributed by atoms with E-state index < -0.39 is 7.60 Å². The van der Waals surface area contributed by atoms with Gasteiger partial charge in [0.25, 0.3) is 0 Å². The highest BCUT2D eigenvalue weighted by Gasteiger charge is 2.22. The van der Waals surface area contributed by atoms with Crippen molar-refractivity contribution in [1.82, 2.24) is 0 Å². The maximum absolute atomic E-state index is 11.5. The van der Waals surface area contributed by atoms with Crippen molar-refractivity contribution in [2.24, 2.45) is 0 Å². The first-order valence-electron chi connectivity index (χ1n) is 3.33. The van der Waals surface area contributed by atoms with Gasteiger partial charge in [-0.2, -0.15) is 0 Å². The Balaban J connectivity index is 3.98. The fraction of sp³-hybridized carbons (Fsp3) is 0.667. The molecule has 0 aliphatic rings. The maximum Gasteiger partial charge on any atom is 0.379 e. The Hall–Kier alpha value is 0.310. The van der Waals surface area contributed by atoms with E-state index in [0.717, 1.165) is 6.26 Å². The second-order valence-corrected chi connectivity index (χ2v) is 4.71. The smallest absolute Gasteiger partial charge is 0.379 e. The Morgan fingerprint density at radius 2 is 2.08 bits per heavy atom. The molecule has 0 aromatic rings. The molecule has 0 unspecified atom stereocenters. The van der Waals surface area contributed by atoms with Crippen LogP contribution in [0.4, 0.5) is 0 Å². The van der Waals surface area contributed by atoms with Crippen LogP contribution in [0.3, 0.4) is 0 Å². The molecule has 0 amide bonds. The zero-order chi connectivity index (χ0) is 9.45. The Morgan fingerprint density at radius 1 is 1.42 bits per heavy atom. The van der Waals surface area contributed by atoms with Crippen molar-refractivity contribution in [1.29, 1.82) is 0 Å². The summed E-state index contributed by atoms with van der Waals surface area (Å²) in [6, 6.07) is 0. The Labute approximate surface area is 82.2 Å². The molecule has 0 saturated carbocycles. The van der Waals surface area contributed by atoms with Gasteiger partial charge in [-0.1, -0.05) is 6.58 Å². The standard InChI is InChI=1S/C6H11Cl2O3P/c1-2-10-12(9,6-4-8)11-5-3-7/h2H,1,3-6H2/t12-/m1/s1. The van der Waals surface area contributed by atoms with Crippen molar-refractivity contribution in [2.45, 2.75) is 0 Å². The summed E-state index contributed by atoms with van der Waals surface area (Å²) in [4.78, 5) is 0. The van der Waals surface area contributed by atoms with Crippen LogP contribution in [0, 0.1) is 0 Å². The lowest BCUT2D eigenvalue weighted by Crippen LogP contribution is -2.00. The average molecular weight is 233 g/mol. The molecule has 72 valence electrons. The zero-order valence-corrected chi connectivity index (χ0v) is 8.95. The van der Waals surface area contributed by atoms with E-state index in [0.29, 0.717) is 0 Å². The van der Waals surface area contributed by atoms with Crippen LogP contribution < -0.4 is 0 Å². The van der Waals surface area contributed by atoms with E-state index in [2.05, 4.69) is 6.58 Å². The largest absolute Gasteiger partial charge is 0.433 e. The molecule has 0 heterocycles. The molecule has 0 radical (unpaired) electrons. The van der Waals surface area contributed by atoms with Crippen LogP contribution in [-0.2, 0) is 13.6 Å². The second-order valence-electron chi connectivity index (χ2n) is 1.82. The first-order valence-corrected chi connectivity index (χ1v) is 6.13. The Kier molecular flexibility index (Phi) is 6.96.